The van der Waals surface area contributed by atoms with Gasteiger partial charge in [-0.25, -0.2) is 0 Å². The van der Waals surface area contributed by atoms with Crippen molar-refractivity contribution in [1.82, 2.24) is 0 Å². The van der Waals surface area contributed by atoms with Crippen molar-refractivity contribution >= 4 is 7.32 Å². The fourth-order valence-corrected chi connectivity index (χ4v) is 0.433. The Morgan fingerprint density at radius 2 is 1.45 bits per heavy atom. The summed E-state index contributed by atoms with van der Waals surface area (Å²) in [5.41, 5.74) is 5.19. The second-order valence-electron chi connectivity index (χ2n) is 1.92. The molecule has 6 heteroatoms. The predicted octanol–water partition coefficient (Wildman–Crippen LogP) is -1.94. The van der Waals surface area contributed by atoms with Gasteiger partial charge < -0.3 is 25.9 Å². The molecule has 6 N–H and O–H groups in total. The van der Waals surface area contributed by atoms with Crippen LogP contribution in [0.15, 0.2) is 0 Å². The molecule has 0 aliphatic rings. The minimum Gasteiger partial charge on any atom is -0.402 e. The highest BCUT2D eigenvalue weighted by atomic mass is 16.5. The average molecular weight is 165 g/mol. The van der Waals surface area contributed by atoms with E-state index in [0.29, 0.717) is 6.61 Å². The quantitative estimate of drug-likeness (QED) is 0.246. The molecular weight excluding hydrogens is 149 g/mol. The number of aliphatic hydroxyl groups excluding tert-OH is 1. The molecule has 0 unspecified atom stereocenters. The maximum Gasteiger partial charge on any atom is 0.631 e. The Hall–Kier alpha value is -0.135. The van der Waals surface area contributed by atoms with Crippen LogP contribution in [0, 0.1) is 0 Å². The van der Waals surface area contributed by atoms with Crippen molar-refractivity contribution in [2.75, 3.05) is 13.2 Å². The number of aliphatic hydroxyl groups is 1. The molecule has 0 radical (unpaired) electrons. The molecule has 0 aromatic carbocycles. The first-order valence-electron chi connectivity index (χ1n) is 3.50. The van der Waals surface area contributed by atoms with Crippen LogP contribution in [0.4, 0.5) is 0 Å². The second kappa shape index (κ2) is 12.5. The van der Waals surface area contributed by atoms with Gasteiger partial charge in [-0.05, 0) is 25.8 Å². The third-order valence-electron chi connectivity index (χ3n) is 0.862. The van der Waals surface area contributed by atoms with Crippen LogP contribution in [0.2, 0.25) is 0 Å². The molecule has 0 saturated heterocycles. The predicted molar refractivity (Wildman–Crippen MR) is 42.4 cm³/mol. The highest BCUT2D eigenvalue weighted by Gasteiger charge is 1.92. The molecule has 0 atom stereocenters. The van der Waals surface area contributed by atoms with E-state index in [2.05, 4.69) is 0 Å². The molecule has 0 saturated carbocycles. The summed E-state index contributed by atoms with van der Waals surface area (Å²) in [6.45, 7) is 1.06. The summed E-state index contributed by atoms with van der Waals surface area (Å²) in [7, 11) is -2.17. The zero-order valence-corrected chi connectivity index (χ0v) is 6.48. The fourth-order valence-electron chi connectivity index (χ4n) is 0.433. The van der Waals surface area contributed by atoms with Crippen molar-refractivity contribution in [3.8, 4) is 0 Å². The van der Waals surface area contributed by atoms with Crippen LogP contribution in [0.1, 0.15) is 19.3 Å². The van der Waals surface area contributed by atoms with E-state index in [4.69, 9.17) is 25.9 Å². The molecule has 0 heterocycles. The zero-order chi connectivity index (χ0) is 9.11. The van der Waals surface area contributed by atoms with Crippen LogP contribution in [0.25, 0.3) is 0 Å². The molecule has 0 bridgehead atoms. The summed E-state index contributed by atoms with van der Waals surface area (Å²) in [4.78, 5) is 0. The van der Waals surface area contributed by atoms with Gasteiger partial charge in [0.15, 0.2) is 0 Å². The number of hydrogen-bond donors (Lipinski definition) is 5. The van der Waals surface area contributed by atoms with Crippen LogP contribution in [0.5, 0.6) is 0 Å². The van der Waals surface area contributed by atoms with Gasteiger partial charge in [-0.15, -0.1) is 0 Å². The first-order valence-corrected chi connectivity index (χ1v) is 3.50. The normalized spacial score (nSPS) is 8.45. The van der Waals surface area contributed by atoms with Crippen molar-refractivity contribution in [1.29, 1.82) is 0 Å². The standard InChI is InChI=1S/C5H13NO.BH3O3/c6-4-2-1-3-5-7;2-1(3)4/h7H,1-6H2;2-4H. The highest BCUT2D eigenvalue weighted by molar-refractivity contribution is 6.30. The van der Waals surface area contributed by atoms with Crippen LogP contribution in [-0.2, 0) is 0 Å². The molecular formula is C5H16BNO4. The van der Waals surface area contributed by atoms with Gasteiger partial charge in [0.25, 0.3) is 0 Å². The minimum atomic E-state index is -2.17. The first kappa shape index (κ1) is 13.5. The van der Waals surface area contributed by atoms with Gasteiger partial charge >= 0.3 is 7.32 Å². The minimum absolute atomic E-state index is 0.306. The maximum atomic E-state index is 8.25. The first-order chi connectivity index (χ1) is 5.15. The number of unbranched alkanes of at least 4 members (excludes halogenated alkanes) is 2. The Morgan fingerprint density at radius 1 is 1.00 bits per heavy atom. The summed E-state index contributed by atoms with van der Waals surface area (Å²) >= 11 is 0. The number of hydrogen-bond acceptors (Lipinski definition) is 5. The zero-order valence-electron chi connectivity index (χ0n) is 6.48. The van der Waals surface area contributed by atoms with Gasteiger partial charge in [-0.1, -0.05) is 0 Å². The van der Waals surface area contributed by atoms with Crippen molar-refractivity contribution in [2.24, 2.45) is 5.73 Å². The van der Waals surface area contributed by atoms with Gasteiger partial charge in [-0.2, -0.15) is 0 Å². The van der Waals surface area contributed by atoms with E-state index >= 15 is 0 Å². The van der Waals surface area contributed by atoms with E-state index in [1.165, 1.54) is 0 Å². The van der Waals surface area contributed by atoms with Crippen molar-refractivity contribution in [2.45, 2.75) is 19.3 Å². The molecule has 0 aliphatic carbocycles. The molecule has 0 amide bonds. The van der Waals surface area contributed by atoms with E-state index in [1.807, 2.05) is 0 Å². The van der Waals surface area contributed by atoms with Gasteiger partial charge in [0.1, 0.15) is 0 Å². The molecule has 0 aliphatic heterocycles. The lowest BCUT2D eigenvalue weighted by Gasteiger charge is -1.90. The van der Waals surface area contributed by atoms with Crippen LogP contribution >= 0.6 is 0 Å². The fraction of sp³-hybridized carbons (Fsp3) is 1.00. The Balaban J connectivity index is 0. The summed E-state index contributed by atoms with van der Waals surface area (Å²) in [5.74, 6) is 0. The molecule has 0 aromatic heterocycles. The SMILES string of the molecule is NCCCCCO.OB(O)O. The van der Waals surface area contributed by atoms with E-state index in [9.17, 15) is 0 Å². The Morgan fingerprint density at radius 3 is 1.73 bits per heavy atom. The molecule has 0 aromatic rings. The topological polar surface area (TPSA) is 107 Å². The van der Waals surface area contributed by atoms with Gasteiger partial charge in [0, 0.05) is 6.61 Å². The van der Waals surface area contributed by atoms with Crippen molar-refractivity contribution in [3.63, 3.8) is 0 Å². The highest BCUT2D eigenvalue weighted by Crippen LogP contribution is 1.89. The largest absolute Gasteiger partial charge is 0.631 e. The Kier molecular flexibility index (Phi) is 15.3. The van der Waals surface area contributed by atoms with E-state index in [0.717, 1.165) is 25.8 Å². The molecule has 0 fully saturated rings. The van der Waals surface area contributed by atoms with Crippen LogP contribution in [-0.4, -0.2) is 40.7 Å². The molecule has 5 nitrogen and oxygen atoms in total. The van der Waals surface area contributed by atoms with Crippen LogP contribution < -0.4 is 5.73 Å². The summed E-state index contributed by atoms with van der Waals surface area (Å²) in [5, 5.41) is 29.8. The maximum absolute atomic E-state index is 8.25. The van der Waals surface area contributed by atoms with Crippen molar-refractivity contribution in [3.05, 3.63) is 0 Å². The van der Waals surface area contributed by atoms with E-state index in [1.54, 1.807) is 0 Å². The van der Waals surface area contributed by atoms with Gasteiger partial charge in [0.2, 0.25) is 0 Å². The third-order valence-corrected chi connectivity index (χ3v) is 0.862. The van der Waals surface area contributed by atoms with Gasteiger partial charge in [0.05, 0.1) is 0 Å². The Bertz CT molecular complexity index is 57.7. The van der Waals surface area contributed by atoms with Crippen LogP contribution in [0.3, 0.4) is 0 Å². The third kappa shape index (κ3) is 40.9. The summed E-state index contributed by atoms with van der Waals surface area (Å²) in [6, 6.07) is 0. The second-order valence-corrected chi connectivity index (χ2v) is 1.92. The van der Waals surface area contributed by atoms with E-state index < -0.39 is 7.32 Å². The average Bonchev–Trinajstić information content (AvgIpc) is 1.88. The molecule has 11 heavy (non-hydrogen) atoms. The van der Waals surface area contributed by atoms with Crippen molar-refractivity contribution < 1.29 is 20.2 Å². The summed E-state index contributed by atoms with van der Waals surface area (Å²) in [6.07, 6.45) is 3.00. The smallest absolute Gasteiger partial charge is 0.402 e. The lowest BCUT2D eigenvalue weighted by atomic mass is 10.2. The Labute approximate surface area is 66.6 Å². The number of nitrogens with two attached hydrogens (primary N) is 1. The number of rotatable bonds is 4. The molecule has 0 rings (SSSR count). The molecule has 0 spiro atoms. The van der Waals surface area contributed by atoms with Gasteiger partial charge in [-0.3, -0.25) is 0 Å². The summed E-state index contributed by atoms with van der Waals surface area (Å²) < 4.78 is 0. The monoisotopic (exact) mass is 165 g/mol. The lowest BCUT2D eigenvalue weighted by Crippen LogP contribution is -2.07. The van der Waals surface area contributed by atoms with E-state index in [-0.39, 0.29) is 0 Å². The molecule has 68 valence electrons. The lowest BCUT2D eigenvalue weighted by molar-refractivity contribution is 0.278.